The summed E-state index contributed by atoms with van der Waals surface area (Å²) in [5, 5.41) is 8.45. The molecule has 3 rings (SSSR count). The van der Waals surface area contributed by atoms with Gasteiger partial charge < -0.3 is 14.8 Å². The molecule has 2 aromatic carbocycles. The summed E-state index contributed by atoms with van der Waals surface area (Å²) in [6.45, 7) is 0.166. The summed E-state index contributed by atoms with van der Waals surface area (Å²) in [4.78, 5) is 12.6. The number of nitrogens with zero attached hydrogens (tertiary/aromatic N) is 1. The second-order valence-corrected chi connectivity index (χ2v) is 7.56. The van der Waals surface area contributed by atoms with Crippen LogP contribution in [0.25, 0.3) is 0 Å². The van der Waals surface area contributed by atoms with Gasteiger partial charge in [0, 0.05) is 17.8 Å². The van der Waals surface area contributed by atoms with E-state index in [1.54, 1.807) is 36.4 Å². The third-order valence-corrected chi connectivity index (χ3v) is 5.44. The Hall–Kier alpha value is -3.53. The summed E-state index contributed by atoms with van der Waals surface area (Å²) in [5.74, 6) is 0.625. The van der Waals surface area contributed by atoms with Gasteiger partial charge in [0.2, 0.25) is 0 Å². The minimum atomic E-state index is -4.06. The number of benzene rings is 2. The number of aromatic amines is 1. The average molecular weight is 416 g/mol. The Balaban J connectivity index is 1.75. The van der Waals surface area contributed by atoms with Crippen molar-refractivity contribution in [2.75, 3.05) is 18.9 Å². The van der Waals surface area contributed by atoms with Gasteiger partial charge in [-0.05, 0) is 30.3 Å². The van der Waals surface area contributed by atoms with Crippen LogP contribution in [0.15, 0.2) is 59.8 Å². The van der Waals surface area contributed by atoms with Crippen LogP contribution < -0.4 is 19.5 Å². The number of methoxy groups -OCH3 is 2. The van der Waals surface area contributed by atoms with Gasteiger partial charge in [-0.1, -0.05) is 18.2 Å². The summed E-state index contributed by atoms with van der Waals surface area (Å²) in [6.07, 6.45) is 1.17. The van der Waals surface area contributed by atoms with Crippen LogP contribution in [0.5, 0.6) is 11.5 Å². The lowest BCUT2D eigenvalue weighted by Gasteiger charge is -2.11. The van der Waals surface area contributed by atoms with Crippen molar-refractivity contribution in [1.29, 1.82) is 0 Å². The summed E-state index contributed by atoms with van der Waals surface area (Å²) < 4.78 is 38.1. The van der Waals surface area contributed by atoms with E-state index in [0.29, 0.717) is 17.2 Å². The molecule has 152 valence electrons. The van der Waals surface area contributed by atoms with E-state index >= 15 is 0 Å². The van der Waals surface area contributed by atoms with E-state index in [-0.39, 0.29) is 17.1 Å². The number of nitrogens with one attached hydrogen (secondary N) is 3. The Kier molecular flexibility index (Phi) is 6.03. The molecule has 3 N–H and O–H groups in total. The van der Waals surface area contributed by atoms with Gasteiger partial charge in [-0.25, -0.2) is 0 Å². The highest BCUT2D eigenvalue weighted by Crippen LogP contribution is 2.21. The first-order valence-electron chi connectivity index (χ1n) is 8.55. The molecule has 0 fully saturated rings. The number of para-hydroxylation sites is 1. The zero-order valence-electron chi connectivity index (χ0n) is 15.8. The van der Waals surface area contributed by atoms with Crippen molar-refractivity contribution in [3.8, 4) is 11.5 Å². The topological polar surface area (TPSA) is 122 Å². The molecule has 0 unspecified atom stereocenters. The molecule has 1 aromatic heterocycles. The van der Waals surface area contributed by atoms with E-state index in [1.165, 1.54) is 20.4 Å². The largest absolute Gasteiger partial charge is 0.497 e. The predicted molar refractivity (Wildman–Crippen MR) is 107 cm³/mol. The molecule has 1 amide bonds. The number of sulfonamides is 1. The van der Waals surface area contributed by atoms with E-state index < -0.39 is 15.9 Å². The number of hydrogen-bond acceptors (Lipinski definition) is 6. The molecule has 3 aromatic rings. The van der Waals surface area contributed by atoms with Crippen molar-refractivity contribution in [2.45, 2.75) is 11.6 Å². The summed E-state index contributed by atoms with van der Waals surface area (Å²) in [5.41, 5.74) is 0.981. The quantitative estimate of drug-likeness (QED) is 0.517. The maximum atomic E-state index is 12.7. The van der Waals surface area contributed by atoms with Gasteiger partial charge in [-0.3, -0.25) is 14.6 Å². The number of anilines is 1. The average Bonchev–Trinajstić information content (AvgIpc) is 3.24. The normalized spacial score (nSPS) is 11.0. The first-order chi connectivity index (χ1) is 13.9. The summed E-state index contributed by atoms with van der Waals surface area (Å²) >= 11 is 0. The fourth-order valence-electron chi connectivity index (χ4n) is 2.63. The monoisotopic (exact) mass is 416 g/mol. The highest BCUT2D eigenvalue weighted by molar-refractivity contribution is 7.92. The molecule has 9 nitrogen and oxygen atoms in total. The Bertz CT molecular complexity index is 1090. The van der Waals surface area contributed by atoms with E-state index in [1.807, 2.05) is 12.1 Å². The molecule has 10 heteroatoms. The second kappa shape index (κ2) is 8.65. The third-order valence-electron chi connectivity index (χ3n) is 4.09. The van der Waals surface area contributed by atoms with Crippen LogP contribution in [0, 0.1) is 0 Å². The maximum absolute atomic E-state index is 12.7. The number of amides is 1. The maximum Gasteiger partial charge on any atom is 0.279 e. The van der Waals surface area contributed by atoms with Gasteiger partial charge in [0.1, 0.15) is 11.5 Å². The van der Waals surface area contributed by atoms with Crippen molar-refractivity contribution in [1.82, 2.24) is 15.5 Å². The van der Waals surface area contributed by atoms with Crippen LogP contribution in [-0.2, 0) is 16.6 Å². The smallest absolute Gasteiger partial charge is 0.279 e. The van der Waals surface area contributed by atoms with Crippen LogP contribution in [0.2, 0.25) is 0 Å². The standard InChI is InChI=1S/C19H20N4O5S/c1-27-15-9-7-14(8-10-15)23-29(25,26)19-16(12-21-22-19)18(24)20-11-13-5-3-4-6-17(13)28-2/h3-10,12,23H,11H2,1-2H3,(H,20,24)(H,21,22). The van der Waals surface area contributed by atoms with Crippen LogP contribution in [0.3, 0.4) is 0 Å². The Morgan fingerprint density at radius 2 is 1.79 bits per heavy atom. The van der Waals surface area contributed by atoms with Crippen molar-refractivity contribution < 1.29 is 22.7 Å². The number of H-pyrrole nitrogens is 1. The van der Waals surface area contributed by atoms with Gasteiger partial charge in [0.25, 0.3) is 15.9 Å². The summed E-state index contributed by atoms with van der Waals surface area (Å²) in [6, 6.07) is 13.5. The number of aromatic nitrogens is 2. The van der Waals surface area contributed by atoms with Crippen molar-refractivity contribution in [2.24, 2.45) is 0 Å². The Morgan fingerprint density at radius 1 is 1.07 bits per heavy atom. The molecule has 0 aliphatic carbocycles. The SMILES string of the molecule is COc1ccc(NS(=O)(=O)c2[nH]ncc2C(=O)NCc2ccccc2OC)cc1. The fourth-order valence-corrected chi connectivity index (χ4v) is 3.78. The minimum Gasteiger partial charge on any atom is -0.497 e. The first kappa shape index (κ1) is 20.2. The van der Waals surface area contributed by atoms with Crippen molar-refractivity contribution in [3.05, 3.63) is 65.9 Å². The third kappa shape index (κ3) is 4.66. The number of ether oxygens (including phenoxy) is 2. The molecule has 0 saturated carbocycles. The molecule has 0 aliphatic heterocycles. The molecule has 29 heavy (non-hydrogen) atoms. The highest BCUT2D eigenvalue weighted by atomic mass is 32.2. The van der Waals surface area contributed by atoms with E-state index in [4.69, 9.17) is 9.47 Å². The van der Waals surface area contributed by atoms with E-state index in [2.05, 4.69) is 20.2 Å². The van der Waals surface area contributed by atoms with Crippen LogP contribution in [-0.4, -0.2) is 38.7 Å². The van der Waals surface area contributed by atoms with E-state index in [9.17, 15) is 13.2 Å². The van der Waals surface area contributed by atoms with Crippen LogP contribution in [0.1, 0.15) is 15.9 Å². The second-order valence-electron chi connectivity index (χ2n) is 5.94. The van der Waals surface area contributed by atoms with Gasteiger partial charge in [-0.15, -0.1) is 0 Å². The Labute approximate surface area is 168 Å². The van der Waals surface area contributed by atoms with E-state index in [0.717, 1.165) is 5.56 Å². The molecule has 0 atom stereocenters. The van der Waals surface area contributed by atoms with Gasteiger partial charge >= 0.3 is 0 Å². The lowest BCUT2D eigenvalue weighted by molar-refractivity contribution is 0.0947. The number of hydrogen-bond donors (Lipinski definition) is 3. The fraction of sp³-hybridized carbons (Fsp3) is 0.158. The van der Waals surface area contributed by atoms with Crippen molar-refractivity contribution >= 4 is 21.6 Å². The molecule has 0 radical (unpaired) electrons. The predicted octanol–water partition coefficient (Wildman–Crippen LogP) is 2.16. The molecule has 1 heterocycles. The molecule has 0 aliphatic rings. The molecular weight excluding hydrogens is 396 g/mol. The minimum absolute atomic E-state index is 0.0964. The first-order valence-corrected chi connectivity index (χ1v) is 10.0. The zero-order chi connectivity index (χ0) is 20.9. The van der Waals surface area contributed by atoms with Crippen LogP contribution in [0.4, 0.5) is 5.69 Å². The molecular formula is C19H20N4O5S. The lowest BCUT2D eigenvalue weighted by Crippen LogP contribution is -2.25. The Morgan fingerprint density at radius 3 is 2.48 bits per heavy atom. The number of rotatable bonds is 8. The number of carbonyl (C=O) groups is 1. The van der Waals surface area contributed by atoms with Gasteiger partial charge in [0.15, 0.2) is 5.03 Å². The molecule has 0 saturated heterocycles. The molecule has 0 bridgehead atoms. The van der Waals surface area contributed by atoms with Crippen molar-refractivity contribution in [3.63, 3.8) is 0 Å². The van der Waals surface area contributed by atoms with Gasteiger partial charge in [-0.2, -0.15) is 13.5 Å². The lowest BCUT2D eigenvalue weighted by atomic mass is 10.2. The summed E-state index contributed by atoms with van der Waals surface area (Å²) in [7, 11) is -1.01. The molecule has 0 spiro atoms. The van der Waals surface area contributed by atoms with Crippen LogP contribution >= 0.6 is 0 Å². The zero-order valence-corrected chi connectivity index (χ0v) is 16.6. The van der Waals surface area contributed by atoms with Gasteiger partial charge in [0.05, 0.1) is 26.0 Å². The number of carbonyl (C=O) groups excluding carboxylic acids is 1. The highest BCUT2D eigenvalue weighted by Gasteiger charge is 2.25.